The molecule has 2 fully saturated rings. The van der Waals surface area contributed by atoms with E-state index in [9.17, 15) is 4.79 Å². The molecule has 2 unspecified atom stereocenters. The summed E-state index contributed by atoms with van der Waals surface area (Å²) in [6.07, 6.45) is 5.88. The van der Waals surface area contributed by atoms with Crippen LogP contribution in [0.1, 0.15) is 41.6 Å². The summed E-state index contributed by atoms with van der Waals surface area (Å²) in [4.78, 5) is 12.5. The zero-order valence-corrected chi connectivity index (χ0v) is 12.2. The summed E-state index contributed by atoms with van der Waals surface area (Å²) in [7, 11) is 0. The van der Waals surface area contributed by atoms with Crippen molar-refractivity contribution in [3.8, 4) is 0 Å². The number of ether oxygens (including phenoxy) is 1. The van der Waals surface area contributed by atoms with Crippen LogP contribution in [-0.2, 0) is 11.2 Å². The molecule has 0 bridgehead atoms. The van der Waals surface area contributed by atoms with E-state index >= 15 is 0 Å². The SMILES string of the molecule is O=C(NC1CCOC1C1CC1)c1ccc2c(c1)CCCN2. The molecule has 1 aromatic carbocycles. The number of fused-ring (bicyclic) bond motifs is 1. The number of carbonyl (C=O) groups is 1. The molecule has 4 heteroatoms. The first kappa shape index (κ1) is 13.1. The van der Waals surface area contributed by atoms with Crippen molar-refractivity contribution in [1.82, 2.24) is 5.32 Å². The molecule has 3 aliphatic rings. The Morgan fingerprint density at radius 3 is 3.05 bits per heavy atom. The maximum atomic E-state index is 12.5. The van der Waals surface area contributed by atoms with Crippen LogP contribution in [0.4, 0.5) is 5.69 Å². The van der Waals surface area contributed by atoms with Crippen LogP contribution in [0.3, 0.4) is 0 Å². The third kappa shape index (κ3) is 2.64. The first-order chi connectivity index (χ1) is 10.3. The van der Waals surface area contributed by atoms with Crippen LogP contribution in [0.25, 0.3) is 0 Å². The Bertz CT molecular complexity index is 554. The van der Waals surface area contributed by atoms with Crippen LogP contribution in [-0.4, -0.2) is 31.2 Å². The lowest BCUT2D eigenvalue weighted by atomic mass is 10.00. The molecule has 1 aromatic rings. The number of amides is 1. The maximum absolute atomic E-state index is 12.5. The fourth-order valence-corrected chi connectivity index (χ4v) is 3.52. The fourth-order valence-electron chi connectivity index (χ4n) is 3.52. The van der Waals surface area contributed by atoms with Crippen molar-refractivity contribution in [2.75, 3.05) is 18.5 Å². The van der Waals surface area contributed by atoms with Gasteiger partial charge in [0, 0.05) is 24.4 Å². The maximum Gasteiger partial charge on any atom is 0.251 e. The Labute approximate surface area is 125 Å². The average Bonchev–Trinajstić information content (AvgIpc) is 3.27. The molecule has 2 atom stereocenters. The van der Waals surface area contributed by atoms with E-state index in [2.05, 4.69) is 10.6 Å². The summed E-state index contributed by atoms with van der Waals surface area (Å²) in [5.41, 5.74) is 3.21. The van der Waals surface area contributed by atoms with Crippen LogP contribution >= 0.6 is 0 Å². The Kier molecular flexibility index (Phi) is 3.34. The minimum atomic E-state index is 0.0459. The van der Waals surface area contributed by atoms with Gasteiger partial charge in [-0.3, -0.25) is 4.79 Å². The lowest BCUT2D eigenvalue weighted by molar-refractivity contribution is 0.0729. The van der Waals surface area contributed by atoms with E-state index in [1.165, 1.54) is 24.1 Å². The zero-order valence-electron chi connectivity index (χ0n) is 12.2. The van der Waals surface area contributed by atoms with Crippen molar-refractivity contribution in [1.29, 1.82) is 0 Å². The number of hydrogen-bond acceptors (Lipinski definition) is 3. The van der Waals surface area contributed by atoms with Gasteiger partial charge in [-0.25, -0.2) is 0 Å². The summed E-state index contributed by atoms with van der Waals surface area (Å²) in [5.74, 6) is 0.718. The van der Waals surface area contributed by atoms with Gasteiger partial charge in [-0.1, -0.05) is 0 Å². The predicted octanol–water partition coefficient (Wildman–Crippen LogP) is 2.34. The summed E-state index contributed by atoms with van der Waals surface area (Å²) in [6.45, 7) is 1.81. The highest BCUT2D eigenvalue weighted by atomic mass is 16.5. The third-order valence-electron chi connectivity index (χ3n) is 4.84. The Morgan fingerprint density at radius 2 is 2.19 bits per heavy atom. The zero-order chi connectivity index (χ0) is 14.2. The van der Waals surface area contributed by atoms with Crippen LogP contribution in [0.15, 0.2) is 18.2 Å². The van der Waals surface area contributed by atoms with Crippen LogP contribution in [0.2, 0.25) is 0 Å². The van der Waals surface area contributed by atoms with E-state index in [0.29, 0.717) is 5.92 Å². The number of aryl methyl sites for hydroxylation is 1. The Balaban J connectivity index is 1.47. The first-order valence-electron chi connectivity index (χ1n) is 8.10. The van der Waals surface area contributed by atoms with E-state index < -0.39 is 0 Å². The molecule has 1 aliphatic carbocycles. The second kappa shape index (κ2) is 5.34. The van der Waals surface area contributed by atoms with E-state index in [-0.39, 0.29) is 18.1 Å². The van der Waals surface area contributed by atoms with Gasteiger partial charge in [0.1, 0.15) is 0 Å². The predicted molar refractivity (Wildman–Crippen MR) is 81.6 cm³/mol. The van der Waals surface area contributed by atoms with Gasteiger partial charge in [-0.05, 0) is 61.8 Å². The lowest BCUT2D eigenvalue weighted by Gasteiger charge is -2.21. The van der Waals surface area contributed by atoms with Crippen LogP contribution in [0.5, 0.6) is 0 Å². The van der Waals surface area contributed by atoms with E-state index in [1.54, 1.807) is 0 Å². The molecule has 2 heterocycles. The molecule has 1 amide bonds. The van der Waals surface area contributed by atoms with Crippen molar-refractivity contribution >= 4 is 11.6 Å². The van der Waals surface area contributed by atoms with Crippen LogP contribution < -0.4 is 10.6 Å². The van der Waals surface area contributed by atoms with Crippen molar-refractivity contribution < 1.29 is 9.53 Å². The molecule has 1 saturated heterocycles. The van der Waals surface area contributed by atoms with Crippen molar-refractivity contribution in [2.45, 2.75) is 44.2 Å². The van der Waals surface area contributed by atoms with Gasteiger partial charge in [0.25, 0.3) is 5.91 Å². The molecule has 2 aliphatic heterocycles. The van der Waals surface area contributed by atoms with Gasteiger partial charge in [-0.15, -0.1) is 0 Å². The number of nitrogens with one attached hydrogen (secondary N) is 2. The smallest absolute Gasteiger partial charge is 0.251 e. The monoisotopic (exact) mass is 286 g/mol. The fraction of sp³-hybridized carbons (Fsp3) is 0.588. The average molecular weight is 286 g/mol. The number of anilines is 1. The topological polar surface area (TPSA) is 50.4 Å². The number of rotatable bonds is 3. The van der Waals surface area contributed by atoms with Gasteiger partial charge in [-0.2, -0.15) is 0 Å². The minimum absolute atomic E-state index is 0.0459. The van der Waals surface area contributed by atoms with Crippen LogP contribution in [0, 0.1) is 5.92 Å². The van der Waals surface area contributed by atoms with Crippen molar-refractivity contribution in [2.24, 2.45) is 5.92 Å². The van der Waals surface area contributed by atoms with Gasteiger partial charge < -0.3 is 15.4 Å². The summed E-state index contributed by atoms with van der Waals surface area (Å²) in [5, 5.41) is 6.57. The number of carbonyl (C=O) groups excluding carboxylic acids is 1. The van der Waals surface area contributed by atoms with Crippen molar-refractivity contribution in [3.63, 3.8) is 0 Å². The highest BCUT2D eigenvalue weighted by Crippen LogP contribution is 2.38. The van der Waals surface area contributed by atoms with Gasteiger partial charge in [0.2, 0.25) is 0 Å². The van der Waals surface area contributed by atoms with E-state index in [4.69, 9.17) is 4.74 Å². The molecule has 4 nitrogen and oxygen atoms in total. The Morgan fingerprint density at radius 1 is 1.29 bits per heavy atom. The van der Waals surface area contributed by atoms with Gasteiger partial charge in [0.15, 0.2) is 0 Å². The molecular weight excluding hydrogens is 264 g/mol. The molecule has 0 aromatic heterocycles. The molecule has 2 N–H and O–H groups in total. The molecule has 0 spiro atoms. The summed E-state index contributed by atoms with van der Waals surface area (Å²) in [6, 6.07) is 6.19. The molecule has 21 heavy (non-hydrogen) atoms. The molecule has 1 saturated carbocycles. The lowest BCUT2D eigenvalue weighted by Crippen LogP contribution is -2.41. The number of benzene rings is 1. The van der Waals surface area contributed by atoms with E-state index in [0.717, 1.165) is 38.0 Å². The number of hydrogen-bond donors (Lipinski definition) is 2. The molecule has 112 valence electrons. The second-order valence-corrected chi connectivity index (χ2v) is 6.44. The van der Waals surface area contributed by atoms with Gasteiger partial charge >= 0.3 is 0 Å². The highest BCUT2D eigenvalue weighted by molar-refractivity contribution is 5.95. The molecular formula is C17H22N2O2. The molecule has 0 radical (unpaired) electrons. The first-order valence-corrected chi connectivity index (χ1v) is 8.10. The second-order valence-electron chi connectivity index (χ2n) is 6.44. The minimum Gasteiger partial charge on any atom is -0.385 e. The van der Waals surface area contributed by atoms with E-state index in [1.807, 2.05) is 18.2 Å². The third-order valence-corrected chi connectivity index (χ3v) is 4.84. The largest absolute Gasteiger partial charge is 0.385 e. The highest BCUT2D eigenvalue weighted by Gasteiger charge is 2.41. The summed E-state index contributed by atoms with van der Waals surface area (Å²) >= 11 is 0. The Hall–Kier alpha value is -1.55. The molecule has 4 rings (SSSR count). The van der Waals surface area contributed by atoms with Crippen molar-refractivity contribution in [3.05, 3.63) is 29.3 Å². The van der Waals surface area contributed by atoms with Gasteiger partial charge in [0.05, 0.1) is 12.1 Å². The quantitative estimate of drug-likeness (QED) is 0.896. The standard InChI is InChI=1S/C17H22N2O2/c20-17(19-15-7-9-21-16(15)11-3-4-11)13-5-6-14-12(10-13)2-1-8-18-14/h5-6,10-11,15-16,18H,1-4,7-9H2,(H,19,20). The summed E-state index contributed by atoms with van der Waals surface area (Å²) < 4.78 is 5.79. The normalized spacial score (nSPS) is 27.8.